The van der Waals surface area contributed by atoms with E-state index < -0.39 is 5.97 Å². The number of aromatic nitrogens is 2. The second-order valence-corrected chi connectivity index (χ2v) is 4.48. The van der Waals surface area contributed by atoms with E-state index in [9.17, 15) is 4.79 Å². The Labute approximate surface area is 120 Å². The summed E-state index contributed by atoms with van der Waals surface area (Å²) >= 11 is 0. The number of anilines is 2. The molecule has 21 heavy (non-hydrogen) atoms. The van der Waals surface area contributed by atoms with E-state index in [1.165, 1.54) is 6.20 Å². The molecule has 1 aliphatic heterocycles. The predicted molar refractivity (Wildman–Crippen MR) is 74.4 cm³/mol. The van der Waals surface area contributed by atoms with Crippen LogP contribution in [0.1, 0.15) is 16.1 Å². The molecule has 0 saturated carbocycles. The molecule has 0 saturated heterocycles. The molecular weight excluding hydrogens is 274 g/mol. The normalized spacial score (nSPS) is 12.8. The third kappa shape index (κ3) is 2.71. The lowest BCUT2D eigenvalue weighted by Gasteiger charge is -2.19. The first kappa shape index (κ1) is 13.2. The maximum absolute atomic E-state index is 10.9. The smallest absolute Gasteiger partial charge is 0.339 e. The standard InChI is InChI=1S/C14H13N3O4/c1-8-10(13(18)19)7-15-14(16-8)17-9-2-3-11-12(6-9)21-5-4-20-11/h2-3,6-7H,4-5H2,1H3,(H,18,19)(H,15,16,17). The molecule has 0 amide bonds. The Morgan fingerprint density at radius 3 is 2.76 bits per heavy atom. The van der Waals surface area contributed by atoms with Crippen LogP contribution < -0.4 is 14.8 Å². The predicted octanol–water partition coefficient (Wildman–Crippen LogP) is 2.00. The minimum Gasteiger partial charge on any atom is -0.486 e. The van der Waals surface area contributed by atoms with Crippen LogP contribution in [0.3, 0.4) is 0 Å². The minimum absolute atomic E-state index is 0.0859. The van der Waals surface area contributed by atoms with E-state index in [2.05, 4.69) is 15.3 Å². The van der Waals surface area contributed by atoms with Crippen molar-refractivity contribution in [1.29, 1.82) is 0 Å². The number of ether oxygens (including phenoxy) is 2. The van der Waals surface area contributed by atoms with Gasteiger partial charge in [-0.3, -0.25) is 0 Å². The number of aromatic carboxylic acids is 1. The summed E-state index contributed by atoms with van der Waals surface area (Å²) in [6, 6.07) is 5.41. The van der Waals surface area contributed by atoms with Gasteiger partial charge >= 0.3 is 5.97 Å². The molecule has 7 nitrogen and oxygen atoms in total. The molecule has 3 rings (SSSR count). The van der Waals surface area contributed by atoms with Gasteiger partial charge in [-0.1, -0.05) is 0 Å². The topological polar surface area (TPSA) is 93.6 Å². The lowest BCUT2D eigenvalue weighted by atomic mass is 10.2. The van der Waals surface area contributed by atoms with Gasteiger partial charge < -0.3 is 19.9 Å². The Bertz CT molecular complexity index is 703. The van der Waals surface area contributed by atoms with Crippen molar-refractivity contribution in [3.8, 4) is 11.5 Å². The molecular formula is C14H13N3O4. The Kier molecular flexibility index (Phi) is 3.31. The number of aryl methyl sites for hydroxylation is 1. The first-order valence-corrected chi connectivity index (χ1v) is 6.37. The van der Waals surface area contributed by atoms with Crippen LogP contribution in [0.25, 0.3) is 0 Å². The zero-order chi connectivity index (χ0) is 14.8. The van der Waals surface area contributed by atoms with E-state index in [1.807, 2.05) is 6.07 Å². The second-order valence-electron chi connectivity index (χ2n) is 4.48. The Morgan fingerprint density at radius 1 is 1.29 bits per heavy atom. The number of hydrogen-bond donors (Lipinski definition) is 2. The van der Waals surface area contributed by atoms with E-state index in [0.717, 1.165) is 5.69 Å². The summed E-state index contributed by atoms with van der Waals surface area (Å²) in [6.07, 6.45) is 1.28. The first-order valence-electron chi connectivity index (χ1n) is 6.37. The first-order chi connectivity index (χ1) is 10.1. The van der Waals surface area contributed by atoms with Crippen molar-refractivity contribution in [3.63, 3.8) is 0 Å². The zero-order valence-electron chi connectivity index (χ0n) is 11.3. The summed E-state index contributed by atoms with van der Waals surface area (Å²) < 4.78 is 10.9. The van der Waals surface area contributed by atoms with Crippen molar-refractivity contribution in [3.05, 3.63) is 35.7 Å². The van der Waals surface area contributed by atoms with Crippen LogP contribution in [0.5, 0.6) is 11.5 Å². The van der Waals surface area contributed by atoms with E-state index in [4.69, 9.17) is 14.6 Å². The number of nitrogens with one attached hydrogen (secondary N) is 1. The monoisotopic (exact) mass is 287 g/mol. The summed E-state index contributed by atoms with van der Waals surface area (Å²) in [6.45, 7) is 2.68. The largest absolute Gasteiger partial charge is 0.486 e. The van der Waals surface area contributed by atoms with Crippen molar-refractivity contribution in [1.82, 2.24) is 9.97 Å². The van der Waals surface area contributed by atoms with Gasteiger partial charge in [0.25, 0.3) is 0 Å². The lowest BCUT2D eigenvalue weighted by Crippen LogP contribution is -2.15. The molecule has 0 atom stereocenters. The fourth-order valence-electron chi connectivity index (χ4n) is 1.99. The minimum atomic E-state index is -1.04. The van der Waals surface area contributed by atoms with Gasteiger partial charge in [0, 0.05) is 18.0 Å². The quantitative estimate of drug-likeness (QED) is 0.891. The molecule has 0 spiro atoms. The molecule has 0 fully saturated rings. The summed E-state index contributed by atoms with van der Waals surface area (Å²) in [5, 5.41) is 12.0. The third-order valence-corrected chi connectivity index (χ3v) is 3.01. The van der Waals surface area contributed by atoms with Crippen LogP contribution in [0.4, 0.5) is 11.6 Å². The van der Waals surface area contributed by atoms with E-state index in [-0.39, 0.29) is 5.56 Å². The summed E-state index contributed by atoms with van der Waals surface area (Å²) in [5.41, 5.74) is 1.22. The van der Waals surface area contributed by atoms with Gasteiger partial charge in [-0.05, 0) is 19.1 Å². The Hall–Kier alpha value is -2.83. The van der Waals surface area contributed by atoms with Gasteiger partial charge in [-0.15, -0.1) is 0 Å². The summed E-state index contributed by atoms with van der Waals surface area (Å²) in [7, 11) is 0. The molecule has 0 unspecified atom stereocenters. The molecule has 108 valence electrons. The molecule has 2 aromatic rings. The van der Waals surface area contributed by atoms with Crippen LogP contribution >= 0.6 is 0 Å². The van der Waals surface area contributed by atoms with Crippen molar-refractivity contribution < 1.29 is 19.4 Å². The van der Waals surface area contributed by atoms with Gasteiger partial charge in [0.15, 0.2) is 11.5 Å². The zero-order valence-corrected chi connectivity index (χ0v) is 11.3. The molecule has 0 aliphatic carbocycles. The molecule has 0 radical (unpaired) electrons. The highest BCUT2D eigenvalue weighted by Crippen LogP contribution is 2.33. The number of carboxylic acids is 1. The molecule has 2 heterocycles. The van der Waals surface area contributed by atoms with Gasteiger partial charge in [0.1, 0.15) is 13.2 Å². The highest BCUT2D eigenvalue weighted by Gasteiger charge is 2.13. The second kappa shape index (κ2) is 5.28. The van der Waals surface area contributed by atoms with Gasteiger partial charge in [-0.2, -0.15) is 0 Å². The highest BCUT2D eigenvalue weighted by molar-refractivity contribution is 5.88. The van der Waals surface area contributed by atoms with Gasteiger partial charge in [0.05, 0.1) is 11.3 Å². The van der Waals surface area contributed by atoms with Crippen molar-refractivity contribution in [2.75, 3.05) is 18.5 Å². The maximum Gasteiger partial charge on any atom is 0.339 e. The number of rotatable bonds is 3. The lowest BCUT2D eigenvalue weighted by molar-refractivity contribution is 0.0695. The van der Waals surface area contributed by atoms with E-state index in [0.29, 0.717) is 36.4 Å². The number of carbonyl (C=O) groups is 1. The number of nitrogens with zero attached hydrogens (tertiary/aromatic N) is 2. The average molecular weight is 287 g/mol. The van der Waals surface area contributed by atoms with Crippen LogP contribution in [-0.4, -0.2) is 34.3 Å². The van der Waals surface area contributed by atoms with Crippen LogP contribution in [-0.2, 0) is 0 Å². The number of fused-ring (bicyclic) bond motifs is 1. The molecule has 0 bridgehead atoms. The van der Waals surface area contributed by atoms with Crippen LogP contribution in [0.15, 0.2) is 24.4 Å². The maximum atomic E-state index is 10.9. The SMILES string of the molecule is Cc1nc(Nc2ccc3c(c2)OCCO3)ncc1C(=O)O. The summed E-state index contributed by atoms with van der Waals surface area (Å²) in [5.74, 6) is 0.641. The van der Waals surface area contributed by atoms with Crippen molar-refractivity contribution in [2.45, 2.75) is 6.92 Å². The van der Waals surface area contributed by atoms with Crippen molar-refractivity contribution >= 4 is 17.6 Å². The van der Waals surface area contributed by atoms with Gasteiger partial charge in [0.2, 0.25) is 5.95 Å². The molecule has 1 aliphatic rings. The molecule has 1 aromatic carbocycles. The van der Waals surface area contributed by atoms with Crippen molar-refractivity contribution in [2.24, 2.45) is 0 Å². The number of carboxylic acid groups (broad SMARTS) is 1. The van der Waals surface area contributed by atoms with Gasteiger partial charge in [-0.25, -0.2) is 14.8 Å². The highest BCUT2D eigenvalue weighted by atomic mass is 16.6. The summed E-state index contributed by atoms with van der Waals surface area (Å²) in [4.78, 5) is 19.0. The Morgan fingerprint density at radius 2 is 2.05 bits per heavy atom. The average Bonchev–Trinajstić information content (AvgIpc) is 2.47. The molecule has 2 N–H and O–H groups in total. The number of hydrogen-bond acceptors (Lipinski definition) is 6. The third-order valence-electron chi connectivity index (χ3n) is 3.01. The fraction of sp³-hybridized carbons (Fsp3) is 0.214. The fourth-order valence-corrected chi connectivity index (χ4v) is 1.99. The van der Waals surface area contributed by atoms with E-state index >= 15 is 0 Å². The van der Waals surface area contributed by atoms with Crippen LogP contribution in [0.2, 0.25) is 0 Å². The Balaban J connectivity index is 1.83. The van der Waals surface area contributed by atoms with Crippen LogP contribution in [0, 0.1) is 6.92 Å². The molecule has 1 aromatic heterocycles. The molecule has 7 heteroatoms. The van der Waals surface area contributed by atoms with E-state index in [1.54, 1.807) is 19.1 Å². The number of benzene rings is 1.